The molecule has 0 bridgehead atoms. The second-order valence-corrected chi connectivity index (χ2v) is 8.35. The molecule has 3 rings (SSSR count). The van der Waals surface area contributed by atoms with Crippen molar-refractivity contribution in [1.29, 1.82) is 0 Å². The van der Waals surface area contributed by atoms with Gasteiger partial charge in [0.15, 0.2) is 0 Å². The van der Waals surface area contributed by atoms with Gasteiger partial charge >= 0.3 is 11.9 Å². The third-order valence-electron chi connectivity index (χ3n) is 6.15. The normalized spacial score (nSPS) is 22.2. The topological polar surface area (TPSA) is 73.9 Å². The zero-order valence-electron chi connectivity index (χ0n) is 19.2. The smallest absolute Gasteiger partial charge is 0.307 e. The summed E-state index contributed by atoms with van der Waals surface area (Å²) in [4.78, 5) is 24.4. The standard InChI is InChI=1S/C26H35NO5/c1-3-30-24(28)14-16-27-26(18-25(29)31-4-2)15-8-11-21-12-13-22(17-23(21)26)32-19-20-9-6-5-7-10-20/h5-7,9-10,13,17,21,27H,3-4,8,11-12,14-16,18-19H2,1-2H3. The maximum absolute atomic E-state index is 12.6. The Balaban J connectivity index is 1.77. The molecule has 1 fully saturated rings. The molecule has 32 heavy (non-hydrogen) atoms. The molecule has 0 aliphatic heterocycles. The van der Waals surface area contributed by atoms with E-state index in [1.807, 2.05) is 37.3 Å². The first kappa shape index (κ1) is 24.1. The molecule has 0 radical (unpaired) electrons. The second kappa shape index (κ2) is 11.9. The maximum atomic E-state index is 12.6. The van der Waals surface area contributed by atoms with Crippen molar-refractivity contribution >= 4 is 11.9 Å². The van der Waals surface area contributed by atoms with E-state index < -0.39 is 5.54 Å². The molecule has 6 heteroatoms. The van der Waals surface area contributed by atoms with Crippen molar-refractivity contribution in [1.82, 2.24) is 5.32 Å². The minimum atomic E-state index is -0.530. The minimum absolute atomic E-state index is 0.223. The summed E-state index contributed by atoms with van der Waals surface area (Å²) in [5.41, 5.74) is 1.77. The third kappa shape index (κ3) is 6.45. The number of hydrogen-bond donors (Lipinski definition) is 1. The number of rotatable bonds is 11. The summed E-state index contributed by atoms with van der Waals surface area (Å²) in [5.74, 6) is 0.738. The van der Waals surface area contributed by atoms with Crippen LogP contribution in [0, 0.1) is 5.92 Å². The summed E-state index contributed by atoms with van der Waals surface area (Å²) in [6.07, 6.45) is 8.58. The molecule has 0 spiro atoms. The molecule has 0 heterocycles. The van der Waals surface area contributed by atoms with Gasteiger partial charge in [0.1, 0.15) is 12.4 Å². The van der Waals surface area contributed by atoms with Crippen molar-refractivity contribution < 1.29 is 23.8 Å². The number of benzene rings is 1. The van der Waals surface area contributed by atoms with E-state index in [0.717, 1.165) is 37.0 Å². The number of hydrogen-bond acceptors (Lipinski definition) is 6. The highest BCUT2D eigenvalue weighted by atomic mass is 16.5. The van der Waals surface area contributed by atoms with E-state index in [1.54, 1.807) is 6.92 Å². The van der Waals surface area contributed by atoms with Gasteiger partial charge < -0.3 is 19.5 Å². The molecular formula is C26H35NO5. The van der Waals surface area contributed by atoms with Gasteiger partial charge in [-0.1, -0.05) is 36.8 Å². The van der Waals surface area contributed by atoms with Crippen molar-refractivity contribution in [2.45, 2.75) is 64.5 Å². The van der Waals surface area contributed by atoms with Crippen LogP contribution in [0.15, 0.2) is 53.8 Å². The van der Waals surface area contributed by atoms with Gasteiger partial charge in [0, 0.05) is 6.54 Å². The Morgan fingerprint density at radius 3 is 2.59 bits per heavy atom. The first-order chi connectivity index (χ1) is 15.6. The van der Waals surface area contributed by atoms with Crippen LogP contribution in [0.4, 0.5) is 0 Å². The van der Waals surface area contributed by atoms with Crippen molar-refractivity contribution in [2.75, 3.05) is 19.8 Å². The number of carbonyl (C=O) groups excluding carboxylic acids is 2. The van der Waals surface area contributed by atoms with Gasteiger partial charge in [-0.2, -0.15) is 0 Å². The third-order valence-corrected chi connectivity index (χ3v) is 6.15. The molecule has 1 N–H and O–H groups in total. The lowest BCUT2D eigenvalue weighted by Gasteiger charge is -2.45. The Bertz CT molecular complexity index is 832. The molecular weight excluding hydrogens is 406 g/mol. The molecule has 0 saturated heterocycles. The van der Waals surface area contributed by atoms with E-state index in [2.05, 4.69) is 17.5 Å². The first-order valence-electron chi connectivity index (χ1n) is 11.7. The lowest BCUT2D eigenvalue weighted by molar-refractivity contribution is -0.144. The van der Waals surface area contributed by atoms with Gasteiger partial charge in [0.25, 0.3) is 0 Å². The molecule has 1 saturated carbocycles. The fourth-order valence-corrected chi connectivity index (χ4v) is 4.69. The summed E-state index contributed by atoms with van der Waals surface area (Å²) in [5, 5.41) is 3.55. The molecule has 6 nitrogen and oxygen atoms in total. The zero-order chi connectivity index (χ0) is 22.8. The number of carbonyl (C=O) groups is 2. The average molecular weight is 442 g/mol. The number of fused-ring (bicyclic) bond motifs is 1. The molecule has 174 valence electrons. The average Bonchev–Trinajstić information content (AvgIpc) is 2.79. The fourth-order valence-electron chi connectivity index (χ4n) is 4.69. The Morgan fingerprint density at radius 1 is 1.09 bits per heavy atom. The van der Waals surface area contributed by atoms with Crippen molar-refractivity contribution in [3.63, 3.8) is 0 Å². The molecule has 1 aromatic rings. The lowest BCUT2D eigenvalue weighted by Crippen LogP contribution is -2.53. The highest BCUT2D eigenvalue weighted by Gasteiger charge is 2.43. The second-order valence-electron chi connectivity index (χ2n) is 8.35. The summed E-state index contributed by atoms with van der Waals surface area (Å²) in [6, 6.07) is 10.1. The molecule has 2 aliphatic rings. The summed E-state index contributed by atoms with van der Waals surface area (Å²) >= 11 is 0. The van der Waals surface area contributed by atoms with Gasteiger partial charge in [0.2, 0.25) is 0 Å². The van der Waals surface area contributed by atoms with Crippen LogP contribution in [-0.4, -0.2) is 37.2 Å². The van der Waals surface area contributed by atoms with E-state index in [-0.39, 0.29) is 24.8 Å². The molecule has 2 unspecified atom stereocenters. The van der Waals surface area contributed by atoms with Gasteiger partial charge in [-0.15, -0.1) is 0 Å². The van der Waals surface area contributed by atoms with Crippen LogP contribution in [-0.2, 0) is 30.4 Å². The van der Waals surface area contributed by atoms with Crippen molar-refractivity contribution in [2.24, 2.45) is 5.92 Å². The van der Waals surface area contributed by atoms with E-state index >= 15 is 0 Å². The Morgan fingerprint density at radius 2 is 1.84 bits per heavy atom. The van der Waals surface area contributed by atoms with Crippen LogP contribution in [0.5, 0.6) is 0 Å². The SMILES string of the molecule is CCOC(=O)CCNC1(CC(=O)OCC)CCCC2CC=C(OCc3ccccc3)C=C21. The molecule has 0 amide bonds. The van der Waals surface area contributed by atoms with Crippen LogP contribution in [0.2, 0.25) is 0 Å². The predicted molar refractivity (Wildman–Crippen MR) is 123 cm³/mol. The summed E-state index contributed by atoms with van der Waals surface area (Å²) < 4.78 is 16.5. The Labute approximate surface area is 191 Å². The van der Waals surface area contributed by atoms with Crippen molar-refractivity contribution in [3.8, 4) is 0 Å². The highest BCUT2D eigenvalue weighted by Crippen LogP contribution is 2.44. The molecule has 2 atom stereocenters. The van der Waals surface area contributed by atoms with Gasteiger partial charge in [-0.3, -0.25) is 9.59 Å². The molecule has 2 aliphatic carbocycles. The van der Waals surface area contributed by atoms with Crippen LogP contribution in [0.3, 0.4) is 0 Å². The Hall–Kier alpha value is -2.60. The Kier molecular flexibility index (Phi) is 8.91. The number of allylic oxidation sites excluding steroid dienone is 2. The maximum Gasteiger partial charge on any atom is 0.307 e. The van der Waals surface area contributed by atoms with E-state index in [1.165, 1.54) is 5.57 Å². The monoisotopic (exact) mass is 441 g/mol. The van der Waals surface area contributed by atoms with Gasteiger partial charge in [-0.05, 0) is 62.3 Å². The van der Waals surface area contributed by atoms with Crippen LogP contribution in [0.25, 0.3) is 0 Å². The van der Waals surface area contributed by atoms with Gasteiger partial charge in [0.05, 0.1) is 31.6 Å². The van der Waals surface area contributed by atoms with E-state index in [4.69, 9.17) is 14.2 Å². The summed E-state index contributed by atoms with van der Waals surface area (Å²) in [6.45, 7) is 5.29. The van der Waals surface area contributed by atoms with Gasteiger partial charge in [-0.25, -0.2) is 0 Å². The minimum Gasteiger partial charge on any atom is -0.489 e. The van der Waals surface area contributed by atoms with Crippen LogP contribution >= 0.6 is 0 Å². The van der Waals surface area contributed by atoms with Crippen LogP contribution in [0.1, 0.15) is 57.9 Å². The van der Waals surface area contributed by atoms with E-state index in [0.29, 0.717) is 32.3 Å². The van der Waals surface area contributed by atoms with E-state index in [9.17, 15) is 9.59 Å². The first-order valence-corrected chi connectivity index (χ1v) is 11.7. The highest BCUT2D eigenvalue weighted by molar-refractivity contribution is 5.72. The largest absolute Gasteiger partial charge is 0.489 e. The predicted octanol–water partition coefficient (Wildman–Crippen LogP) is 4.45. The molecule has 0 aromatic heterocycles. The summed E-state index contributed by atoms with van der Waals surface area (Å²) in [7, 11) is 0. The van der Waals surface area contributed by atoms with Crippen LogP contribution < -0.4 is 5.32 Å². The number of ether oxygens (including phenoxy) is 3. The fraction of sp³-hybridized carbons (Fsp3) is 0.538. The quantitative estimate of drug-likeness (QED) is 0.512. The lowest BCUT2D eigenvalue weighted by atomic mass is 9.67. The number of esters is 2. The van der Waals surface area contributed by atoms with Crippen molar-refractivity contribution in [3.05, 3.63) is 59.4 Å². The molecule has 1 aromatic carbocycles. The number of nitrogens with one attached hydrogen (secondary N) is 1. The zero-order valence-corrected chi connectivity index (χ0v) is 19.2.